The molecule has 0 aliphatic heterocycles. The zero-order valence-electron chi connectivity index (χ0n) is 61.8. The number of hydrogen-bond donors (Lipinski definition) is 3. The predicted molar refractivity (Wildman–Crippen MR) is 386 cm³/mol. The number of hydrogen-bond acceptors (Lipinski definition) is 15. The second kappa shape index (κ2) is 69.2. The van der Waals surface area contributed by atoms with Crippen LogP contribution in [0.25, 0.3) is 0 Å². The van der Waals surface area contributed by atoms with Crippen LogP contribution in [0.1, 0.15) is 401 Å². The first kappa shape index (κ1) is 93.1. The summed E-state index contributed by atoms with van der Waals surface area (Å²) in [6, 6.07) is 0. The quantitative estimate of drug-likeness (QED) is 0.0222. The third-order valence-electron chi connectivity index (χ3n) is 17.8. The summed E-state index contributed by atoms with van der Waals surface area (Å²) >= 11 is 0. The minimum Gasteiger partial charge on any atom is -0.462 e. The number of rotatable bonds is 76. The average molecular weight is 1400 g/mol. The molecule has 0 aliphatic rings. The fourth-order valence-electron chi connectivity index (χ4n) is 11.7. The Morgan fingerprint density at radius 3 is 0.716 bits per heavy atom. The van der Waals surface area contributed by atoms with Crippen molar-refractivity contribution in [2.24, 2.45) is 5.92 Å². The van der Waals surface area contributed by atoms with Gasteiger partial charge in [-0.2, -0.15) is 0 Å². The number of esters is 4. The van der Waals surface area contributed by atoms with Crippen molar-refractivity contribution in [3.05, 3.63) is 0 Å². The van der Waals surface area contributed by atoms with Crippen molar-refractivity contribution in [1.82, 2.24) is 0 Å². The van der Waals surface area contributed by atoms with E-state index in [0.29, 0.717) is 25.7 Å². The number of phosphoric ester groups is 2. The van der Waals surface area contributed by atoms with Crippen LogP contribution in [0.3, 0.4) is 0 Å². The number of ether oxygens (including phenoxy) is 4. The van der Waals surface area contributed by atoms with Gasteiger partial charge in [-0.15, -0.1) is 0 Å². The van der Waals surface area contributed by atoms with Crippen LogP contribution in [0.15, 0.2) is 0 Å². The van der Waals surface area contributed by atoms with E-state index in [4.69, 9.17) is 37.0 Å². The minimum absolute atomic E-state index is 0.108. The Morgan fingerprint density at radius 2 is 0.484 bits per heavy atom. The van der Waals surface area contributed by atoms with Gasteiger partial charge in [-0.3, -0.25) is 37.3 Å². The molecule has 0 fully saturated rings. The van der Waals surface area contributed by atoms with E-state index in [1.165, 1.54) is 212 Å². The van der Waals surface area contributed by atoms with Crippen LogP contribution in [-0.4, -0.2) is 96.7 Å². The Balaban J connectivity index is 5.18. The van der Waals surface area contributed by atoms with Gasteiger partial charge >= 0.3 is 39.5 Å². The molecule has 0 bridgehead atoms. The molecule has 0 saturated carbocycles. The molecule has 17 nitrogen and oxygen atoms in total. The number of unbranched alkanes of at least 4 members (excludes halogenated alkanes) is 48. The lowest BCUT2D eigenvalue weighted by Crippen LogP contribution is -2.30. The van der Waals surface area contributed by atoms with E-state index in [0.717, 1.165) is 109 Å². The highest BCUT2D eigenvalue weighted by molar-refractivity contribution is 7.47. The first-order valence-corrected chi connectivity index (χ1v) is 42.6. The molecule has 95 heavy (non-hydrogen) atoms. The van der Waals surface area contributed by atoms with Gasteiger partial charge in [0.1, 0.15) is 19.3 Å². The highest BCUT2D eigenvalue weighted by Crippen LogP contribution is 2.45. The van der Waals surface area contributed by atoms with Crippen molar-refractivity contribution >= 4 is 39.5 Å². The summed E-state index contributed by atoms with van der Waals surface area (Å²) < 4.78 is 68.4. The van der Waals surface area contributed by atoms with Crippen LogP contribution in [0.5, 0.6) is 0 Å². The first-order valence-electron chi connectivity index (χ1n) is 39.6. The molecule has 0 aromatic rings. The molecule has 0 saturated heterocycles. The van der Waals surface area contributed by atoms with Gasteiger partial charge in [0.2, 0.25) is 0 Å². The fourth-order valence-corrected chi connectivity index (χ4v) is 13.3. The van der Waals surface area contributed by atoms with Crippen molar-refractivity contribution in [2.45, 2.75) is 419 Å². The van der Waals surface area contributed by atoms with E-state index in [1.54, 1.807) is 0 Å². The third kappa shape index (κ3) is 70.3. The van der Waals surface area contributed by atoms with Crippen LogP contribution >= 0.6 is 15.6 Å². The molecule has 564 valence electrons. The second-order valence-corrected chi connectivity index (χ2v) is 30.8. The molecule has 3 N–H and O–H groups in total. The van der Waals surface area contributed by atoms with Gasteiger partial charge in [0.25, 0.3) is 0 Å². The smallest absolute Gasteiger partial charge is 0.462 e. The van der Waals surface area contributed by atoms with E-state index in [-0.39, 0.29) is 25.7 Å². The summed E-state index contributed by atoms with van der Waals surface area (Å²) in [5.41, 5.74) is 0. The summed E-state index contributed by atoms with van der Waals surface area (Å²) in [5.74, 6) is -1.31. The molecule has 0 aromatic heterocycles. The van der Waals surface area contributed by atoms with E-state index in [1.807, 2.05) is 0 Å². The van der Waals surface area contributed by atoms with Crippen molar-refractivity contribution in [2.75, 3.05) is 39.6 Å². The lowest BCUT2D eigenvalue weighted by atomic mass is 10.0. The van der Waals surface area contributed by atoms with Crippen LogP contribution in [-0.2, 0) is 65.4 Å². The summed E-state index contributed by atoms with van der Waals surface area (Å²) in [5, 5.41) is 10.6. The summed E-state index contributed by atoms with van der Waals surface area (Å²) in [7, 11) is -9.90. The monoisotopic (exact) mass is 1400 g/mol. The summed E-state index contributed by atoms with van der Waals surface area (Å²) in [6.07, 6.45) is 58.3. The molecule has 0 rings (SSSR count). The molecule has 0 aliphatic carbocycles. The van der Waals surface area contributed by atoms with Gasteiger partial charge < -0.3 is 33.8 Å². The Hall–Kier alpha value is -1.94. The normalized spacial score (nSPS) is 13.9. The molecular weight excluding hydrogens is 1250 g/mol. The number of aliphatic hydroxyl groups is 1. The molecule has 0 spiro atoms. The largest absolute Gasteiger partial charge is 0.472 e. The Bertz CT molecular complexity index is 1820. The van der Waals surface area contributed by atoms with Gasteiger partial charge in [-0.1, -0.05) is 349 Å². The standard InChI is InChI=1S/C76H148O17P2/c1-6-9-12-15-18-20-22-24-28-33-36-40-45-50-55-60-74(79)87-66-72(93-76(81)62-57-52-47-42-38-34-30-27-26-29-31-35-39-44-48-53-58-69(4)5)68-91-95(84,85)89-64-70(77)63-88-94(82,83)90-67-71(65-86-73(78)59-54-49-43-17-14-11-8-3)92-75(80)61-56-51-46-41-37-32-25-23-21-19-16-13-10-7-2/h69-72,77H,6-68H2,1-5H3,(H,82,83)(H,84,85)/t70-,71+,72+/m0/s1. The maximum Gasteiger partial charge on any atom is 0.472 e. The molecule has 0 amide bonds. The molecule has 5 atom stereocenters. The van der Waals surface area contributed by atoms with Crippen molar-refractivity contribution < 1.29 is 80.2 Å². The van der Waals surface area contributed by atoms with Crippen LogP contribution < -0.4 is 0 Å². The van der Waals surface area contributed by atoms with Gasteiger partial charge in [0.15, 0.2) is 12.2 Å². The predicted octanol–water partition coefficient (Wildman–Crippen LogP) is 22.5. The Labute approximate surface area is 581 Å². The minimum atomic E-state index is -4.96. The number of carbonyl (C=O) groups excluding carboxylic acids is 4. The van der Waals surface area contributed by atoms with Crippen molar-refractivity contribution in [3.8, 4) is 0 Å². The molecule has 0 radical (unpaired) electrons. The molecule has 0 heterocycles. The Morgan fingerprint density at radius 1 is 0.284 bits per heavy atom. The van der Waals surface area contributed by atoms with Gasteiger partial charge in [-0.25, -0.2) is 9.13 Å². The number of carbonyl (C=O) groups is 4. The Kier molecular flexibility index (Phi) is 67.7. The lowest BCUT2D eigenvalue weighted by molar-refractivity contribution is -0.161. The molecule has 19 heteroatoms. The average Bonchev–Trinajstić information content (AvgIpc) is 1.40. The first-order chi connectivity index (χ1) is 46.0. The van der Waals surface area contributed by atoms with Crippen LogP contribution in [0.4, 0.5) is 0 Å². The van der Waals surface area contributed by atoms with Crippen LogP contribution in [0, 0.1) is 5.92 Å². The maximum absolute atomic E-state index is 13.1. The van der Waals surface area contributed by atoms with E-state index >= 15 is 0 Å². The van der Waals surface area contributed by atoms with Gasteiger partial charge in [0.05, 0.1) is 26.4 Å². The van der Waals surface area contributed by atoms with Crippen molar-refractivity contribution in [3.63, 3.8) is 0 Å². The lowest BCUT2D eigenvalue weighted by Gasteiger charge is -2.21. The SMILES string of the molecule is CCCCCCCCCCCCCCCCCC(=O)OC[C@H](COP(=O)(O)OC[C@@H](O)COP(=O)(O)OC[C@@H](COC(=O)CCCCCCCCC)OC(=O)CCCCCCCCCCCCCCCC)OC(=O)CCCCCCCCCCCCCCCCCCC(C)C. The summed E-state index contributed by atoms with van der Waals surface area (Å²) in [4.78, 5) is 72.7. The van der Waals surface area contributed by atoms with Crippen molar-refractivity contribution in [1.29, 1.82) is 0 Å². The van der Waals surface area contributed by atoms with E-state index < -0.39 is 97.5 Å². The molecular formula is C76H148O17P2. The number of aliphatic hydroxyl groups excluding tert-OH is 1. The highest BCUT2D eigenvalue weighted by atomic mass is 31.2. The van der Waals surface area contributed by atoms with E-state index in [9.17, 15) is 43.2 Å². The summed E-state index contributed by atoms with van der Waals surface area (Å²) in [6.45, 7) is 7.29. The van der Waals surface area contributed by atoms with Gasteiger partial charge in [-0.05, 0) is 31.6 Å². The third-order valence-corrected chi connectivity index (χ3v) is 19.7. The maximum atomic E-state index is 13.1. The highest BCUT2D eigenvalue weighted by Gasteiger charge is 2.30. The second-order valence-electron chi connectivity index (χ2n) is 27.9. The molecule has 2 unspecified atom stereocenters. The van der Waals surface area contributed by atoms with Gasteiger partial charge in [0, 0.05) is 25.7 Å². The van der Waals surface area contributed by atoms with E-state index in [2.05, 4.69) is 34.6 Å². The fraction of sp³-hybridized carbons (Fsp3) is 0.947. The van der Waals surface area contributed by atoms with Crippen LogP contribution in [0.2, 0.25) is 0 Å². The zero-order chi connectivity index (χ0) is 69.8. The molecule has 0 aromatic carbocycles. The topological polar surface area (TPSA) is 237 Å². The number of phosphoric acid groups is 2. The zero-order valence-corrected chi connectivity index (χ0v) is 63.6.